The van der Waals surface area contributed by atoms with E-state index in [0.717, 1.165) is 5.69 Å². The average Bonchev–Trinajstić information content (AvgIpc) is 2.10. The zero-order chi connectivity index (χ0) is 7.72. The van der Waals surface area contributed by atoms with Gasteiger partial charge in [-0.1, -0.05) is 0 Å². The standard InChI is InChI=1S/C6H10N4.ClH/c1-4-3-10(2)6(9-4)5(7)8;/h3H,1-2H3,(H3,7,8);1H. The van der Waals surface area contributed by atoms with Crippen molar-refractivity contribution in [2.45, 2.75) is 6.92 Å². The van der Waals surface area contributed by atoms with Gasteiger partial charge in [0.15, 0.2) is 11.7 Å². The third kappa shape index (κ3) is 1.94. The number of halogens is 1. The van der Waals surface area contributed by atoms with Crippen molar-refractivity contribution in [1.29, 1.82) is 5.41 Å². The van der Waals surface area contributed by atoms with Gasteiger partial charge in [-0.3, -0.25) is 5.41 Å². The number of nitrogens with zero attached hydrogens (tertiary/aromatic N) is 2. The van der Waals surface area contributed by atoms with Gasteiger partial charge in [-0.2, -0.15) is 0 Å². The summed E-state index contributed by atoms with van der Waals surface area (Å²) >= 11 is 0. The van der Waals surface area contributed by atoms with E-state index in [-0.39, 0.29) is 18.2 Å². The predicted molar refractivity (Wildman–Crippen MR) is 46.2 cm³/mol. The number of hydrogen-bond acceptors (Lipinski definition) is 2. The summed E-state index contributed by atoms with van der Waals surface area (Å²) < 4.78 is 1.73. The zero-order valence-corrected chi connectivity index (χ0v) is 7.27. The van der Waals surface area contributed by atoms with Crippen LogP contribution in [0, 0.1) is 12.3 Å². The van der Waals surface area contributed by atoms with Gasteiger partial charge in [-0.05, 0) is 6.92 Å². The SMILES string of the molecule is Cc1cn(C)c(C(=N)N)n1.Cl. The summed E-state index contributed by atoms with van der Waals surface area (Å²) in [6.45, 7) is 1.87. The molecule has 1 heterocycles. The molecule has 0 fully saturated rings. The van der Waals surface area contributed by atoms with Crippen LogP contribution in [-0.2, 0) is 7.05 Å². The number of nitrogens with two attached hydrogens (primary N) is 1. The lowest BCUT2D eigenvalue weighted by Crippen LogP contribution is -2.16. The van der Waals surface area contributed by atoms with Gasteiger partial charge in [0.1, 0.15) is 0 Å². The van der Waals surface area contributed by atoms with Gasteiger partial charge in [0.25, 0.3) is 0 Å². The maximum Gasteiger partial charge on any atom is 0.175 e. The monoisotopic (exact) mass is 174 g/mol. The smallest absolute Gasteiger partial charge is 0.175 e. The molecule has 4 nitrogen and oxygen atoms in total. The minimum absolute atomic E-state index is 0. The van der Waals surface area contributed by atoms with E-state index in [1.54, 1.807) is 4.57 Å². The van der Waals surface area contributed by atoms with Crippen molar-refractivity contribution in [1.82, 2.24) is 9.55 Å². The second-order valence-electron chi connectivity index (χ2n) is 2.23. The number of rotatable bonds is 1. The molecule has 0 aliphatic heterocycles. The Kier molecular flexibility index (Phi) is 3.07. The van der Waals surface area contributed by atoms with Crippen LogP contribution in [0.1, 0.15) is 11.5 Å². The van der Waals surface area contributed by atoms with E-state index in [1.807, 2.05) is 20.2 Å². The van der Waals surface area contributed by atoms with E-state index in [2.05, 4.69) is 4.98 Å². The highest BCUT2D eigenvalue weighted by atomic mass is 35.5. The Labute approximate surface area is 71.3 Å². The fourth-order valence-electron chi connectivity index (χ4n) is 0.866. The summed E-state index contributed by atoms with van der Waals surface area (Å²) in [6.07, 6.45) is 1.83. The molecule has 62 valence electrons. The second-order valence-corrected chi connectivity index (χ2v) is 2.23. The van der Waals surface area contributed by atoms with Crippen LogP contribution in [-0.4, -0.2) is 15.4 Å². The van der Waals surface area contributed by atoms with E-state index in [0.29, 0.717) is 5.82 Å². The van der Waals surface area contributed by atoms with Crippen LogP contribution in [0.5, 0.6) is 0 Å². The Bertz CT molecular complexity index is 266. The fourth-order valence-corrected chi connectivity index (χ4v) is 0.866. The van der Waals surface area contributed by atoms with Gasteiger partial charge in [0.2, 0.25) is 0 Å². The van der Waals surface area contributed by atoms with E-state index in [4.69, 9.17) is 11.1 Å². The Morgan fingerprint density at radius 2 is 2.27 bits per heavy atom. The molecule has 0 aromatic carbocycles. The summed E-state index contributed by atoms with van der Waals surface area (Å²) in [7, 11) is 1.82. The first kappa shape index (κ1) is 9.97. The van der Waals surface area contributed by atoms with E-state index >= 15 is 0 Å². The lowest BCUT2D eigenvalue weighted by Gasteiger charge is -1.94. The van der Waals surface area contributed by atoms with Crippen LogP contribution in [0.3, 0.4) is 0 Å². The molecule has 0 unspecified atom stereocenters. The zero-order valence-electron chi connectivity index (χ0n) is 6.46. The van der Waals surface area contributed by atoms with Crippen molar-refractivity contribution >= 4 is 18.2 Å². The maximum absolute atomic E-state index is 7.08. The molecule has 0 saturated heterocycles. The average molecular weight is 175 g/mol. The fraction of sp³-hybridized carbons (Fsp3) is 0.333. The van der Waals surface area contributed by atoms with Gasteiger partial charge in [0, 0.05) is 13.2 Å². The maximum atomic E-state index is 7.08. The summed E-state index contributed by atoms with van der Waals surface area (Å²) in [5, 5.41) is 7.08. The first-order valence-corrected chi connectivity index (χ1v) is 2.95. The summed E-state index contributed by atoms with van der Waals surface area (Å²) in [5.41, 5.74) is 6.11. The molecule has 0 bridgehead atoms. The van der Waals surface area contributed by atoms with Crippen molar-refractivity contribution in [3.8, 4) is 0 Å². The van der Waals surface area contributed by atoms with Crippen molar-refractivity contribution in [3.63, 3.8) is 0 Å². The lowest BCUT2D eigenvalue weighted by atomic mass is 10.5. The van der Waals surface area contributed by atoms with Crippen LogP contribution < -0.4 is 5.73 Å². The van der Waals surface area contributed by atoms with Crippen molar-refractivity contribution in [2.24, 2.45) is 12.8 Å². The number of nitrogen functional groups attached to an aromatic ring is 1. The molecule has 1 rings (SSSR count). The molecule has 11 heavy (non-hydrogen) atoms. The van der Waals surface area contributed by atoms with Gasteiger partial charge < -0.3 is 10.3 Å². The molecule has 1 aromatic heterocycles. The number of amidine groups is 1. The number of hydrogen-bond donors (Lipinski definition) is 2. The molecule has 3 N–H and O–H groups in total. The number of aryl methyl sites for hydroxylation is 2. The van der Waals surface area contributed by atoms with Crippen molar-refractivity contribution in [2.75, 3.05) is 0 Å². The van der Waals surface area contributed by atoms with Crippen LogP contribution in [0.2, 0.25) is 0 Å². The first-order chi connectivity index (χ1) is 4.61. The van der Waals surface area contributed by atoms with Gasteiger partial charge in [-0.25, -0.2) is 4.98 Å². The molecular weight excluding hydrogens is 164 g/mol. The van der Waals surface area contributed by atoms with Crippen LogP contribution >= 0.6 is 12.4 Å². The summed E-state index contributed by atoms with van der Waals surface area (Å²) in [5.74, 6) is 0.535. The largest absolute Gasteiger partial charge is 0.381 e. The van der Waals surface area contributed by atoms with Crippen LogP contribution in [0.15, 0.2) is 6.20 Å². The third-order valence-corrected chi connectivity index (χ3v) is 1.24. The molecular formula is C6H11ClN4. The van der Waals surface area contributed by atoms with E-state index in [1.165, 1.54) is 0 Å². The van der Waals surface area contributed by atoms with E-state index in [9.17, 15) is 0 Å². The highest BCUT2D eigenvalue weighted by Crippen LogP contribution is 1.97. The molecule has 5 heteroatoms. The quantitative estimate of drug-likeness (QED) is 0.479. The molecule has 0 saturated carbocycles. The van der Waals surface area contributed by atoms with Crippen molar-refractivity contribution in [3.05, 3.63) is 17.7 Å². The van der Waals surface area contributed by atoms with Crippen LogP contribution in [0.25, 0.3) is 0 Å². The van der Waals surface area contributed by atoms with E-state index < -0.39 is 0 Å². The molecule has 0 amide bonds. The van der Waals surface area contributed by atoms with Crippen LogP contribution in [0.4, 0.5) is 0 Å². The summed E-state index contributed by atoms with van der Waals surface area (Å²) in [4.78, 5) is 4.02. The number of imidazole rings is 1. The highest BCUT2D eigenvalue weighted by molar-refractivity contribution is 5.91. The topological polar surface area (TPSA) is 67.7 Å². The Balaban J connectivity index is 0.000001000. The number of nitrogens with one attached hydrogen (secondary N) is 1. The molecule has 0 aliphatic carbocycles. The van der Waals surface area contributed by atoms with Crippen molar-refractivity contribution < 1.29 is 0 Å². The third-order valence-electron chi connectivity index (χ3n) is 1.24. The Morgan fingerprint density at radius 1 is 1.73 bits per heavy atom. The minimum Gasteiger partial charge on any atom is -0.381 e. The highest BCUT2D eigenvalue weighted by Gasteiger charge is 2.02. The summed E-state index contributed by atoms with van der Waals surface area (Å²) in [6, 6.07) is 0. The number of aromatic nitrogens is 2. The Morgan fingerprint density at radius 3 is 2.45 bits per heavy atom. The van der Waals surface area contributed by atoms with Gasteiger partial charge in [-0.15, -0.1) is 12.4 Å². The molecule has 0 atom stereocenters. The first-order valence-electron chi connectivity index (χ1n) is 2.95. The molecule has 1 aromatic rings. The normalized spacial score (nSPS) is 8.91. The van der Waals surface area contributed by atoms with Gasteiger partial charge >= 0.3 is 0 Å². The second kappa shape index (κ2) is 3.39. The predicted octanol–water partition coefficient (Wildman–Crippen LogP) is 0.434. The molecule has 0 spiro atoms. The molecule has 0 aliphatic rings. The minimum atomic E-state index is 0. The Hall–Kier alpha value is -1.03. The molecule has 0 radical (unpaired) electrons. The lowest BCUT2D eigenvalue weighted by molar-refractivity contribution is 0.892. The van der Waals surface area contributed by atoms with Gasteiger partial charge in [0.05, 0.1) is 5.69 Å².